The van der Waals surface area contributed by atoms with Gasteiger partial charge in [-0.3, -0.25) is 4.40 Å². The molecule has 3 rings (SSSR count). The van der Waals surface area contributed by atoms with Crippen LogP contribution in [0.4, 0.5) is 13.2 Å². The summed E-state index contributed by atoms with van der Waals surface area (Å²) in [4.78, 5) is 4.14. The normalized spacial score (nSPS) is 12.0. The summed E-state index contributed by atoms with van der Waals surface area (Å²) < 4.78 is 40.9. The smallest absolute Gasteiger partial charge is 0.300 e. The van der Waals surface area contributed by atoms with Crippen molar-refractivity contribution in [3.8, 4) is 11.4 Å². The molecule has 2 heterocycles. The number of rotatable bonds is 1. The summed E-state index contributed by atoms with van der Waals surface area (Å²) in [6, 6.07) is 9.20. The van der Waals surface area contributed by atoms with Crippen molar-refractivity contribution in [2.24, 2.45) is 0 Å². The fourth-order valence-electron chi connectivity index (χ4n) is 2.24. The fourth-order valence-corrected chi connectivity index (χ4v) is 2.24. The predicted molar refractivity (Wildman–Crippen MR) is 70.4 cm³/mol. The highest BCUT2D eigenvalue weighted by atomic mass is 19.4. The Morgan fingerprint density at radius 1 is 1.10 bits per heavy atom. The van der Waals surface area contributed by atoms with Crippen LogP contribution in [0.2, 0.25) is 0 Å². The van der Waals surface area contributed by atoms with Crippen LogP contribution in [-0.2, 0) is 6.18 Å². The van der Waals surface area contributed by atoms with Crippen LogP contribution in [0.15, 0.2) is 48.8 Å². The minimum atomic E-state index is -4.40. The molecule has 3 aromatic rings. The molecule has 0 aliphatic rings. The van der Waals surface area contributed by atoms with Gasteiger partial charge in [-0.2, -0.15) is 13.2 Å². The maximum Gasteiger partial charge on any atom is 0.417 e. The molecule has 0 spiro atoms. The summed E-state index contributed by atoms with van der Waals surface area (Å²) in [5, 5.41) is 0. The number of aromatic nitrogens is 2. The number of pyridine rings is 1. The molecule has 5 heteroatoms. The van der Waals surface area contributed by atoms with Gasteiger partial charge in [0.1, 0.15) is 5.82 Å². The minimum absolute atomic E-state index is 0.0869. The zero-order chi connectivity index (χ0) is 14.3. The molecule has 0 saturated heterocycles. The number of benzene rings is 1. The number of halogens is 3. The highest BCUT2D eigenvalue weighted by Gasteiger charge is 2.34. The molecule has 102 valence electrons. The van der Waals surface area contributed by atoms with Gasteiger partial charge in [-0.15, -0.1) is 0 Å². The Bertz CT molecular complexity index is 772. The number of hydrogen-bond acceptors (Lipinski definition) is 1. The Morgan fingerprint density at radius 2 is 1.85 bits per heavy atom. The number of fused-ring (bicyclic) bond motifs is 1. The van der Waals surface area contributed by atoms with Gasteiger partial charge < -0.3 is 0 Å². The molecule has 0 saturated carbocycles. The van der Waals surface area contributed by atoms with Crippen molar-refractivity contribution in [2.45, 2.75) is 13.1 Å². The third-order valence-corrected chi connectivity index (χ3v) is 3.16. The van der Waals surface area contributed by atoms with Crippen LogP contribution in [0.5, 0.6) is 0 Å². The van der Waals surface area contributed by atoms with E-state index in [0.29, 0.717) is 5.82 Å². The first-order valence-electron chi connectivity index (χ1n) is 6.07. The Balaban J connectivity index is 2.27. The standard InChI is InChI=1S/C15H11F3N2/c1-10-6-7-20-11(8-10)9-19-14(20)12-4-2-3-5-13(12)15(16,17)18/h2-9H,1H3. The molecule has 0 bridgehead atoms. The van der Waals surface area contributed by atoms with Gasteiger partial charge in [-0.05, 0) is 30.7 Å². The van der Waals surface area contributed by atoms with E-state index < -0.39 is 11.7 Å². The third kappa shape index (κ3) is 2.05. The second-order valence-electron chi connectivity index (χ2n) is 4.62. The predicted octanol–water partition coefficient (Wildman–Crippen LogP) is 4.33. The Hall–Kier alpha value is -2.30. The van der Waals surface area contributed by atoms with E-state index in [1.165, 1.54) is 12.1 Å². The number of hydrogen-bond donors (Lipinski definition) is 0. The Kier molecular flexibility index (Phi) is 2.78. The molecule has 2 nitrogen and oxygen atoms in total. The van der Waals surface area contributed by atoms with Crippen molar-refractivity contribution in [1.29, 1.82) is 0 Å². The van der Waals surface area contributed by atoms with Gasteiger partial charge in [0.05, 0.1) is 17.3 Å². The SMILES string of the molecule is Cc1ccn2c(-c3ccccc3C(F)(F)F)ncc2c1. The maximum absolute atomic E-state index is 13.1. The van der Waals surface area contributed by atoms with Crippen LogP contribution < -0.4 is 0 Å². The molecular weight excluding hydrogens is 265 g/mol. The first-order chi connectivity index (χ1) is 9.47. The topological polar surface area (TPSA) is 17.3 Å². The average Bonchev–Trinajstić information content (AvgIpc) is 2.80. The first kappa shape index (κ1) is 12.7. The molecule has 0 atom stereocenters. The summed E-state index contributed by atoms with van der Waals surface area (Å²) in [6.07, 6.45) is -1.08. The third-order valence-electron chi connectivity index (χ3n) is 3.16. The molecule has 1 aromatic carbocycles. The van der Waals surface area contributed by atoms with Crippen LogP contribution in [0.25, 0.3) is 16.9 Å². The molecule has 0 aliphatic carbocycles. The van der Waals surface area contributed by atoms with Crippen molar-refractivity contribution in [2.75, 3.05) is 0 Å². The van der Waals surface area contributed by atoms with Crippen molar-refractivity contribution in [3.63, 3.8) is 0 Å². The van der Waals surface area contributed by atoms with Crippen molar-refractivity contribution in [1.82, 2.24) is 9.38 Å². The average molecular weight is 276 g/mol. The molecule has 0 amide bonds. The largest absolute Gasteiger partial charge is 0.417 e. The molecule has 20 heavy (non-hydrogen) atoms. The summed E-state index contributed by atoms with van der Waals surface area (Å²) in [7, 11) is 0. The van der Waals surface area contributed by atoms with Crippen LogP contribution >= 0.6 is 0 Å². The van der Waals surface area contributed by atoms with E-state index >= 15 is 0 Å². The Morgan fingerprint density at radius 3 is 2.60 bits per heavy atom. The molecule has 0 aliphatic heterocycles. The molecule has 0 unspecified atom stereocenters. The monoisotopic (exact) mass is 276 g/mol. The van der Waals surface area contributed by atoms with Crippen molar-refractivity contribution in [3.05, 3.63) is 59.9 Å². The molecule has 0 radical (unpaired) electrons. The lowest BCUT2D eigenvalue weighted by Gasteiger charge is -2.11. The maximum atomic E-state index is 13.1. The van der Waals surface area contributed by atoms with Crippen LogP contribution in [0, 0.1) is 6.92 Å². The summed E-state index contributed by atoms with van der Waals surface area (Å²) in [5.74, 6) is 0.299. The van der Waals surface area contributed by atoms with Gasteiger partial charge in [0.15, 0.2) is 0 Å². The van der Waals surface area contributed by atoms with Crippen molar-refractivity contribution >= 4 is 5.52 Å². The van der Waals surface area contributed by atoms with Gasteiger partial charge >= 0.3 is 6.18 Å². The number of nitrogens with zero attached hydrogens (tertiary/aromatic N) is 2. The van der Waals surface area contributed by atoms with Gasteiger partial charge in [0.2, 0.25) is 0 Å². The fraction of sp³-hybridized carbons (Fsp3) is 0.133. The van der Waals surface area contributed by atoms with Crippen LogP contribution in [0.3, 0.4) is 0 Å². The number of alkyl halides is 3. The van der Waals surface area contributed by atoms with Gasteiger partial charge in [-0.1, -0.05) is 18.2 Å². The molecular formula is C15H11F3N2. The number of imidazole rings is 1. The zero-order valence-electron chi connectivity index (χ0n) is 10.6. The lowest BCUT2D eigenvalue weighted by atomic mass is 10.1. The second kappa shape index (κ2) is 4.37. The van der Waals surface area contributed by atoms with Crippen LogP contribution in [0.1, 0.15) is 11.1 Å². The highest BCUT2D eigenvalue weighted by molar-refractivity contribution is 5.66. The first-order valence-corrected chi connectivity index (χ1v) is 6.07. The highest BCUT2D eigenvalue weighted by Crippen LogP contribution is 2.36. The molecule has 2 aromatic heterocycles. The van der Waals surface area contributed by atoms with E-state index in [4.69, 9.17) is 0 Å². The van der Waals surface area contributed by atoms with E-state index in [1.807, 2.05) is 19.1 Å². The van der Waals surface area contributed by atoms with E-state index in [0.717, 1.165) is 17.1 Å². The molecule has 0 N–H and O–H groups in total. The van der Waals surface area contributed by atoms with Gasteiger partial charge in [0, 0.05) is 11.8 Å². The van der Waals surface area contributed by atoms with Crippen molar-refractivity contribution < 1.29 is 13.2 Å². The lowest BCUT2D eigenvalue weighted by molar-refractivity contribution is -0.137. The van der Waals surface area contributed by atoms with E-state index in [2.05, 4.69) is 4.98 Å². The lowest BCUT2D eigenvalue weighted by Crippen LogP contribution is -2.08. The zero-order valence-corrected chi connectivity index (χ0v) is 10.6. The minimum Gasteiger partial charge on any atom is -0.300 e. The van der Waals surface area contributed by atoms with E-state index in [-0.39, 0.29) is 5.56 Å². The summed E-state index contributed by atoms with van der Waals surface area (Å²) in [6.45, 7) is 1.93. The van der Waals surface area contributed by atoms with E-state index in [9.17, 15) is 13.2 Å². The van der Waals surface area contributed by atoms with Crippen LogP contribution in [-0.4, -0.2) is 9.38 Å². The second-order valence-corrected chi connectivity index (χ2v) is 4.62. The number of aryl methyl sites for hydroxylation is 1. The summed E-state index contributed by atoms with van der Waals surface area (Å²) >= 11 is 0. The van der Waals surface area contributed by atoms with E-state index in [1.54, 1.807) is 22.9 Å². The molecule has 0 fully saturated rings. The van der Waals surface area contributed by atoms with Gasteiger partial charge in [0.25, 0.3) is 0 Å². The quantitative estimate of drug-likeness (QED) is 0.646. The Labute approximate surface area is 113 Å². The summed E-state index contributed by atoms with van der Waals surface area (Å²) in [5.41, 5.74) is 1.22. The van der Waals surface area contributed by atoms with Gasteiger partial charge in [-0.25, -0.2) is 4.98 Å².